The largest absolute Gasteiger partial charge is 0.495 e. The highest BCUT2D eigenvalue weighted by atomic mass is 16.5. The number of para-hydroxylation sites is 1. The average molecular weight is 614 g/mol. The molecule has 4 aromatic rings. The number of aliphatic carboxylic acids is 1. The molecule has 1 atom stereocenters. The van der Waals surface area contributed by atoms with Crippen molar-refractivity contribution in [2.45, 2.75) is 32.7 Å². The molecular weight excluding hydrogens is 578 g/mol. The summed E-state index contributed by atoms with van der Waals surface area (Å²) in [5.41, 5.74) is 3.87. The lowest BCUT2D eigenvalue weighted by atomic mass is 10.0. The number of aryl methyl sites for hydroxylation is 2. The minimum Gasteiger partial charge on any atom is -0.495 e. The molecule has 234 valence electrons. The van der Waals surface area contributed by atoms with Gasteiger partial charge in [-0.25, -0.2) is 4.79 Å². The van der Waals surface area contributed by atoms with Crippen molar-refractivity contribution >= 4 is 40.9 Å². The molecule has 1 heterocycles. The third-order valence-electron chi connectivity index (χ3n) is 7.22. The smallest absolute Gasteiger partial charge is 0.326 e. The number of rotatable bonds is 11. The summed E-state index contributed by atoms with van der Waals surface area (Å²) in [6.07, 6.45) is -0.359. The molecule has 3 N–H and O–H groups in total. The molecule has 0 saturated carbocycles. The maximum atomic E-state index is 13.3. The molecule has 4 amide bonds. The Kier molecular flexibility index (Phi) is 10.2. The predicted molar refractivity (Wildman–Crippen MR) is 169 cm³/mol. The molecule has 3 aromatic carbocycles. The van der Waals surface area contributed by atoms with Crippen LogP contribution >= 0.6 is 0 Å². The first-order valence-electron chi connectivity index (χ1n) is 14.1. The summed E-state index contributed by atoms with van der Waals surface area (Å²) in [7, 11) is 4.77. The van der Waals surface area contributed by atoms with Gasteiger partial charge in [0.15, 0.2) is 5.69 Å². The molecule has 12 heteroatoms. The number of carbonyl (C=O) groups is 4. The fourth-order valence-electron chi connectivity index (χ4n) is 4.72. The minimum absolute atomic E-state index is 0.0230. The highest BCUT2D eigenvalue weighted by Crippen LogP contribution is 2.28. The third kappa shape index (κ3) is 8.05. The van der Waals surface area contributed by atoms with Gasteiger partial charge in [0, 0.05) is 31.5 Å². The van der Waals surface area contributed by atoms with Crippen LogP contribution in [-0.2, 0) is 16.0 Å². The maximum absolute atomic E-state index is 13.3. The number of likely N-dealkylation sites (N-methyl/N-ethyl adjacent to an activating group) is 1. The molecule has 45 heavy (non-hydrogen) atoms. The Hall–Kier alpha value is -5.65. The average Bonchev–Trinajstić information content (AvgIpc) is 3.47. The number of carbonyl (C=O) groups excluding carboxylic acids is 3. The van der Waals surface area contributed by atoms with E-state index in [2.05, 4.69) is 15.8 Å². The number of benzene rings is 3. The van der Waals surface area contributed by atoms with Crippen molar-refractivity contribution in [3.8, 4) is 5.75 Å². The van der Waals surface area contributed by atoms with Gasteiger partial charge in [0.1, 0.15) is 11.5 Å². The molecule has 4 rings (SSSR count). The molecule has 0 bridgehead atoms. The van der Waals surface area contributed by atoms with Gasteiger partial charge in [-0.15, -0.1) is 0 Å². The Balaban J connectivity index is 1.46. The molecule has 0 radical (unpaired) electrons. The lowest BCUT2D eigenvalue weighted by molar-refractivity contribution is -0.137. The summed E-state index contributed by atoms with van der Waals surface area (Å²) in [4.78, 5) is 53.5. The predicted octanol–water partition coefficient (Wildman–Crippen LogP) is 5.12. The van der Waals surface area contributed by atoms with Crippen molar-refractivity contribution in [1.82, 2.24) is 10.5 Å². The van der Waals surface area contributed by atoms with E-state index in [0.717, 1.165) is 11.3 Å². The van der Waals surface area contributed by atoms with Crippen LogP contribution in [0, 0.1) is 13.8 Å². The van der Waals surface area contributed by atoms with Crippen LogP contribution < -0.4 is 25.2 Å². The normalized spacial score (nSPS) is 11.3. The Labute approximate surface area is 260 Å². The first kappa shape index (κ1) is 32.3. The summed E-state index contributed by atoms with van der Waals surface area (Å²) in [6, 6.07) is 19.6. The zero-order chi connectivity index (χ0) is 32.7. The van der Waals surface area contributed by atoms with E-state index in [0.29, 0.717) is 34.0 Å². The zero-order valence-electron chi connectivity index (χ0n) is 25.7. The monoisotopic (exact) mass is 613 g/mol. The molecule has 0 spiro atoms. The van der Waals surface area contributed by atoms with Crippen LogP contribution in [0.1, 0.15) is 45.4 Å². The second-order valence-corrected chi connectivity index (χ2v) is 10.5. The Morgan fingerprint density at radius 2 is 1.71 bits per heavy atom. The summed E-state index contributed by atoms with van der Waals surface area (Å²) < 4.78 is 10.5. The van der Waals surface area contributed by atoms with E-state index >= 15 is 0 Å². The minimum atomic E-state index is -1.11. The fraction of sp³-hybridized carbons (Fsp3) is 0.242. The van der Waals surface area contributed by atoms with E-state index in [1.165, 1.54) is 23.0 Å². The van der Waals surface area contributed by atoms with Gasteiger partial charge in [-0.05, 0) is 60.9 Å². The van der Waals surface area contributed by atoms with Crippen LogP contribution in [0.3, 0.4) is 0 Å². The molecular formula is C33H35N5O7. The van der Waals surface area contributed by atoms with Gasteiger partial charge in [-0.3, -0.25) is 19.3 Å². The maximum Gasteiger partial charge on any atom is 0.326 e. The van der Waals surface area contributed by atoms with E-state index in [9.17, 15) is 24.3 Å². The van der Waals surface area contributed by atoms with Crippen molar-refractivity contribution in [2.75, 3.05) is 36.3 Å². The number of carboxylic acids is 1. The van der Waals surface area contributed by atoms with E-state index in [1.54, 1.807) is 63.5 Å². The number of methoxy groups -OCH3 is 1. The van der Waals surface area contributed by atoms with Crippen molar-refractivity contribution in [2.24, 2.45) is 0 Å². The van der Waals surface area contributed by atoms with Gasteiger partial charge in [-0.1, -0.05) is 41.6 Å². The summed E-state index contributed by atoms with van der Waals surface area (Å²) in [6.45, 7) is 3.57. The lowest BCUT2D eigenvalue weighted by Gasteiger charge is -2.22. The molecule has 0 aliphatic carbocycles. The van der Waals surface area contributed by atoms with Crippen LogP contribution in [0.5, 0.6) is 5.75 Å². The van der Waals surface area contributed by atoms with E-state index in [-0.39, 0.29) is 30.5 Å². The number of aromatic nitrogens is 1. The van der Waals surface area contributed by atoms with Crippen molar-refractivity contribution in [3.63, 3.8) is 0 Å². The summed E-state index contributed by atoms with van der Waals surface area (Å²) in [5.74, 6) is -1.10. The number of hydrogen-bond acceptors (Lipinski definition) is 7. The van der Waals surface area contributed by atoms with Gasteiger partial charge in [0.2, 0.25) is 5.91 Å². The Morgan fingerprint density at radius 3 is 2.38 bits per heavy atom. The standard InChI is InChI=1S/C33H35N5O7/c1-20-9-6-7-12-28(20)38(4)33(43)35-25-14-13-22(16-29(25)44-5)17-30(39)37(3)24-11-8-10-23(18-24)26(19-31(40)41)34-32(42)27-15-21(2)45-36-27/h6-16,18,26H,17,19H2,1-5H3,(H,34,42)(H,35,43)(H,40,41). The molecule has 0 saturated heterocycles. The number of carboxylic acid groups (broad SMARTS) is 1. The Bertz CT molecular complexity index is 1720. The molecule has 12 nitrogen and oxygen atoms in total. The van der Waals surface area contributed by atoms with Gasteiger partial charge in [-0.2, -0.15) is 0 Å². The fourth-order valence-corrected chi connectivity index (χ4v) is 4.72. The highest BCUT2D eigenvalue weighted by Gasteiger charge is 2.23. The molecule has 1 aromatic heterocycles. The number of ether oxygens (including phenoxy) is 1. The second-order valence-electron chi connectivity index (χ2n) is 10.5. The van der Waals surface area contributed by atoms with Crippen molar-refractivity contribution in [1.29, 1.82) is 0 Å². The first-order chi connectivity index (χ1) is 21.5. The van der Waals surface area contributed by atoms with Crippen molar-refractivity contribution < 1.29 is 33.5 Å². The quantitative estimate of drug-likeness (QED) is 0.211. The van der Waals surface area contributed by atoms with Crippen LogP contribution in [0.4, 0.5) is 21.9 Å². The van der Waals surface area contributed by atoms with Gasteiger partial charge >= 0.3 is 12.0 Å². The van der Waals surface area contributed by atoms with Crippen molar-refractivity contribution in [3.05, 3.63) is 101 Å². The number of anilines is 3. The van der Waals surface area contributed by atoms with Crippen LogP contribution in [0.2, 0.25) is 0 Å². The number of hydrogen-bond donors (Lipinski definition) is 3. The SMILES string of the molecule is COc1cc(CC(=O)N(C)c2cccc(C(CC(=O)O)NC(=O)c3cc(C)on3)c2)ccc1NC(=O)N(C)c1ccccc1C. The summed E-state index contributed by atoms with van der Waals surface area (Å²) in [5, 5.41) is 18.7. The highest BCUT2D eigenvalue weighted by molar-refractivity contribution is 6.02. The molecule has 1 unspecified atom stereocenters. The van der Waals surface area contributed by atoms with Crippen LogP contribution in [-0.4, -0.2) is 55.3 Å². The third-order valence-corrected chi connectivity index (χ3v) is 7.22. The van der Waals surface area contributed by atoms with E-state index in [1.807, 2.05) is 31.2 Å². The molecule has 0 aliphatic heterocycles. The second kappa shape index (κ2) is 14.2. The number of amides is 4. The van der Waals surface area contributed by atoms with E-state index < -0.39 is 17.9 Å². The number of nitrogens with one attached hydrogen (secondary N) is 2. The number of nitrogens with zero attached hydrogens (tertiary/aromatic N) is 3. The van der Waals surface area contributed by atoms with Gasteiger partial charge in [0.05, 0.1) is 31.7 Å². The first-order valence-corrected chi connectivity index (χ1v) is 14.1. The Morgan fingerprint density at radius 1 is 0.956 bits per heavy atom. The number of urea groups is 1. The lowest BCUT2D eigenvalue weighted by Crippen LogP contribution is -2.32. The van der Waals surface area contributed by atoms with Crippen LogP contribution in [0.15, 0.2) is 77.3 Å². The molecule has 0 fully saturated rings. The van der Waals surface area contributed by atoms with Gasteiger partial charge in [0.25, 0.3) is 5.91 Å². The summed E-state index contributed by atoms with van der Waals surface area (Å²) >= 11 is 0. The zero-order valence-corrected chi connectivity index (χ0v) is 25.7. The van der Waals surface area contributed by atoms with Crippen LogP contribution in [0.25, 0.3) is 0 Å². The molecule has 0 aliphatic rings. The van der Waals surface area contributed by atoms with E-state index in [4.69, 9.17) is 9.26 Å². The van der Waals surface area contributed by atoms with Gasteiger partial charge < -0.3 is 29.9 Å². The topological polar surface area (TPSA) is 154 Å².